The van der Waals surface area contributed by atoms with E-state index in [-0.39, 0.29) is 11.1 Å². The van der Waals surface area contributed by atoms with Gasteiger partial charge in [0.1, 0.15) is 0 Å². The molecular formula is C20H19N3O3. The number of benzene rings is 2. The SMILES string of the molecule is C=c1[nH]n(-c2ccc(C(=O)O)cc2)c(=O)/c1=C\c1ccc(N(C)C)cc1. The van der Waals surface area contributed by atoms with Crippen molar-refractivity contribution in [2.45, 2.75) is 0 Å². The minimum Gasteiger partial charge on any atom is -0.478 e. The highest BCUT2D eigenvalue weighted by Gasteiger charge is 2.07. The van der Waals surface area contributed by atoms with Gasteiger partial charge >= 0.3 is 5.97 Å². The maximum absolute atomic E-state index is 12.7. The number of nitrogens with one attached hydrogen (secondary N) is 1. The molecule has 0 saturated heterocycles. The molecule has 0 aliphatic rings. The summed E-state index contributed by atoms with van der Waals surface area (Å²) in [4.78, 5) is 25.7. The van der Waals surface area contributed by atoms with E-state index in [9.17, 15) is 9.59 Å². The topological polar surface area (TPSA) is 78.3 Å². The van der Waals surface area contributed by atoms with Crippen LogP contribution in [0.5, 0.6) is 0 Å². The number of aromatic amines is 1. The Balaban J connectivity index is 2.04. The van der Waals surface area contributed by atoms with Crippen LogP contribution in [0.2, 0.25) is 0 Å². The van der Waals surface area contributed by atoms with Gasteiger partial charge in [0.15, 0.2) is 0 Å². The van der Waals surface area contributed by atoms with Crippen molar-refractivity contribution in [3.63, 3.8) is 0 Å². The molecule has 1 aromatic heterocycles. The molecule has 0 bridgehead atoms. The van der Waals surface area contributed by atoms with Gasteiger partial charge in [-0.15, -0.1) is 0 Å². The van der Waals surface area contributed by atoms with E-state index in [1.54, 1.807) is 18.2 Å². The van der Waals surface area contributed by atoms with Gasteiger partial charge in [0.25, 0.3) is 5.56 Å². The Morgan fingerprint density at radius 1 is 1.12 bits per heavy atom. The smallest absolute Gasteiger partial charge is 0.335 e. The van der Waals surface area contributed by atoms with E-state index in [0.717, 1.165) is 11.3 Å². The van der Waals surface area contributed by atoms with E-state index in [1.165, 1.54) is 16.8 Å². The zero-order valence-corrected chi connectivity index (χ0v) is 14.6. The number of anilines is 1. The van der Waals surface area contributed by atoms with Crippen LogP contribution < -0.4 is 21.0 Å². The summed E-state index contributed by atoms with van der Waals surface area (Å²) in [7, 11) is 3.93. The van der Waals surface area contributed by atoms with Crippen LogP contribution in [0.4, 0.5) is 5.69 Å². The molecule has 0 unspecified atom stereocenters. The second-order valence-electron chi connectivity index (χ2n) is 6.13. The summed E-state index contributed by atoms with van der Waals surface area (Å²) in [6.45, 7) is 3.91. The summed E-state index contributed by atoms with van der Waals surface area (Å²) in [5.41, 5.74) is 2.44. The molecule has 132 valence electrons. The van der Waals surface area contributed by atoms with Crippen molar-refractivity contribution in [2.75, 3.05) is 19.0 Å². The summed E-state index contributed by atoms with van der Waals surface area (Å²) in [6.07, 6.45) is 1.78. The van der Waals surface area contributed by atoms with Crippen LogP contribution in [0, 0.1) is 0 Å². The summed E-state index contributed by atoms with van der Waals surface area (Å²) in [5, 5.41) is 12.9. The summed E-state index contributed by atoms with van der Waals surface area (Å²) in [5.74, 6) is -1.01. The van der Waals surface area contributed by atoms with E-state index in [2.05, 4.69) is 11.7 Å². The van der Waals surface area contributed by atoms with Crippen LogP contribution in [0.15, 0.2) is 53.3 Å². The van der Waals surface area contributed by atoms with Crippen molar-refractivity contribution < 1.29 is 9.90 Å². The van der Waals surface area contributed by atoms with Crippen molar-refractivity contribution in [3.05, 3.63) is 80.6 Å². The fraction of sp³-hybridized carbons (Fsp3) is 0.100. The lowest BCUT2D eigenvalue weighted by molar-refractivity contribution is 0.0697. The van der Waals surface area contributed by atoms with Gasteiger partial charge in [0, 0.05) is 19.8 Å². The van der Waals surface area contributed by atoms with E-state index in [1.807, 2.05) is 43.3 Å². The number of hydrogen-bond acceptors (Lipinski definition) is 3. The summed E-state index contributed by atoms with van der Waals surface area (Å²) in [6, 6.07) is 13.9. The molecule has 1 heterocycles. The molecule has 6 nitrogen and oxygen atoms in total. The van der Waals surface area contributed by atoms with Gasteiger partial charge in [-0.25, -0.2) is 9.48 Å². The number of aromatic nitrogens is 2. The Bertz CT molecular complexity index is 1110. The quantitative estimate of drug-likeness (QED) is 0.741. The third-order valence-electron chi connectivity index (χ3n) is 4.10. The Hall–Kier alpha value is -3.54. The third kappa shape index (κ3) is 3.30. The van der Waals surface area contributed by atoms with Crippen molar-refractivity contribution in [2.24, 2.45) is 0 Å². The molecule has 0 amide bonds. The number of hydrogen-bond donors (Lipinski definition) is 2. The van der Waals surface area contributed by atoms with Gasteiger partial charge in [0.05, 0.1) is 21.8 Å². The first kappa shape index (κ1) is 17.3. The average Bonchev–Trinajstić information content (AvgIpc) is 2.90. The lowest BCUT2D eigenvalue weighted by Crippen LogP contribution is -2.33. The van der Waals surface area contributed by atoms with Crippen molar-refractivity contribution in [3.8, 4) is 5.69 Å². The van der Waals surface area contributed by atoms with Crippen LogP contribution >= 0.6 is 0 Å². The molecule has 0 aliphatic heterocycles. The highest BCUT2D eigenvalue weighted by Crippen LogP contribution is 2.12. The number of aromatic carboxylic acids is 1. The maximum Gasteiger partial charge on any atom is 0.335 e. The monoisotopic (exact) mass is 349 g/mol. The van der Waals surface area contributed by atoms with Gasteiger partial charge in [-0.2, -0.15) is 0 Å². The molecule has 2 aromatic carbocycles. The second-order valence-corrected chi connectivity index (χ2v) is 6.13. The summed E-state index contributed by atoms with van der Waals surface area (Å²) >= 11 is 0. The fourth-order valence-electron chi connectivity index (χ4n) is 2.61. The molecule has 0 spiro atoms. The van der Waals surface area contributed by atoms with Crippen molar-refractivity contribution >= 4 is 24.3 Å². The Morgan fingerprint density at radius 2 is 1.73 bits per heavy atom. The molecule has 26 heavy (non-hydrogen) atoms. The van der Waals surface area contributed by atoms with E-state index in [4.69, 9.17) is 5.11 Å². The Morgan fingerprint density at radius 3 is 2.27 bits per heavy atom. The lowest BCUT2D eigenvalue weighted by Gasteiger charge is -2.11. The van der Waals surface area contributed by atoms with Gasteiger partial charge in [0.2, 0.25) is 0 Å². The number of carbonyl (C=O) groups is 1. The molecule has 2 N–H and O–H groups in total. The highest BCUT2D eigenvalue weighted by atomic mass is 16.4. The molecule has 3 rings (SSSR count). The zero-order chi connectivity index (χ0) is 18.8. The van der Waals surface area contributed by atoms with Crippen LogP contribution in [0.3, 0.4) is 0 Å². The van der Waals surface area contributed by atoms with Gasteiger partial charge in [-0.1, -0.05) is 18.7 Å². The molecule has 0 saturated carbocycles. The highest BCUT2D eigenvalue weighted by molar-refractivity contribution is 5.87. The maximum atomic E-state index is 12.7. The molecular weight excluding hydrogens is 330 g/mol. The molecule has 0 fully saturated rings. The fourth-order valence-corrected chi connectivity index (χ4v) is 2.61. The van der Waals surface area contributed by atoms with Gasteiger partial charge in [-0.05, 0) is 48.0 Å². The van der Waals surface area contributed by atoms with Crippen LogP contribution in [-0.4, -0.2) is 35.0 Å². The standard InChI is InChI=1S/C20H19N3O3/c1-13-18(12-14-4-8-16(9-5-14)22(2)3)19(24)23(21-13)17-10-6-15(7-11-17)20(25)26/h4-12,21H,1H2,2-3H3,(H,25,26)/b18-12-. The lowest BCUT2D eigenvalue weighted by atomic mass is 10.1. The Kier molecular flexibility index (Phi) is 4.49. The average molecular weight is 349 g/mol. The van der Waals surface area contributed by atoms with Crippen LogP contribution in [-0.2, 0) is 0 Å². The first-order chi connectivity index (χ1) is 12.4. The van der Waals surface area contributed by atoms with Crippen LogP contribution in [0.25, 0.3) is 18.3 Å². The van der Waals surface area contributed by atoms with Crippen molar-refractivity contribution in [1.82, 2.24) is 9.78 Å². The Labute approximate surface area is 149 Å². The predicted molar refractivity (Wildman–Crippen MR) is 102 cm³/mol. The number of carboxylic acids is 1. The molecule has 6 heteroatoms. The second kappa shape index (κ2) is 6.76. The minimum absolute atomic E-state index is 0.163. The molecule has 3 aromatic rings. The van der Waals surface area contributed by atoms with E-state index >= 15 is 0 Å². The number of rotatable bonds is 4. The number of nitrogens with zero attached hydrogens (tertiary/aromatic N) is 2. The van der Waals surface area contributed by atoms with Gasteiger partial charge in [-0.3, -0.25) is 9.89 Å². The normalized spacial score (nSPS) is 11.5. The van der Waals surface area contributed by atoms with Gasteiger partial charge < -0.3 is 10.0 Å². The number of carboxylic acid groups (broad SMARTS) is 1. The summed E-state index contributed by atoms with van der Waals surface area (Å²) < 4.78 is 1.36. The van der Waals surface area contributed by atoms with Crippen LogP contribution in [0.1, 0.15) is 15.9 Å². The minimum atomic E-state index is -1.01. The number of H-pyrrole nitrogens is 1. The molecule has 0 atom stereocenters. The largest absolute Gasteiger partial charge is 0.478 e. The first-order valence-electron chi connectivity index (χ1n) is 7.99. The zero-order valence-electron chi connectivity index (χ0n) is 14.6. The van der Waals surface area contributed by atoms with Crippen molar-refractivity contribution in [1.29, 1.82) is 0 Å². The first-order valence-corrected chi connectivity index (χ1v) is 7.99. The van der Waals surface area contributed by atoms with E-state index < -0.39 is 5.97 Å². The molecule has 0 radical (unpaired) electrons. The van der Waals surface area contributed by atoms with E-state index in [0.29, 0.717) is 16.3 Å². The molecule has 0 aliphatic carbocycles. The third-order valence-corrected chi connectivity index (χ3v) is 4.10. The predicted octanol–water partition coefficient (Wildman–Crippen LogP) is 1.17.